The monoisotopic (exact) mass is 247 g/mol. The molecule has 1 atom stereocenters. The van der Waals surface area contributed by atoms with Gasteiger partial charge in [0.05, 0.1) is 0 Å². The van der Waals surface area contributed by atoms with Crippen LogP contribution in [0.15, 0.2) is 24.3 Å². The molecule has 0 aromatic heterocycles. The fourth-order valence-electron chi connectivity index (χ4n) is 2.37. The Morgan fingerprint density at radius 1 is 1.44 bits per heavy atom. The first-order valence-corrected chi connectivity index (χ1v) is 6.01. The summed E-state index contributed by atoms with van der Waals surface area (Å²) in [6.07, 6.45) is 0.268. The third-order valence-corrected chi connectivity index (χ3v) is 3.17. The van der Waals surface area contributed by atoms with Crippen molar-refractivity contribution in [3.63, 3.8) is 0 Å². The van der Waals surface area contributed by atoms with E-state index in [1.807, 2.05) is 12.1 Å². The smallest absolute Gasteiger partial charge is 0.318 e. The van der Waals surface area contributed by atoms with Gasteiger partial charge in [0.2, 0.25) is 5.91 Å². The maximum atomic E-state index is 11.4. The Labute approximate surface area is 106 Å². The molecule has 96 valence electrons. The Kier molecular flexibility index (Phi) is 3.50. The molecule has 1 unspecified atom stereocenters. The Hall–Kier alpha value is -2.04. The van der Waals surface area contributed by atoms with Crippen LogP contribution in [0.1, 0.15) is 24.8 Å². The van der Waals surface area contributed by atoms with Gasteiger partial charge in [-0.2, -0.15) is 0 Å². The van der Waals surface area contributed by atoms with Gasteiger partial charge in [-0.05, 0) is 11.6 Å². The van der Waals surface area contributed by atoms with Gasteiger partial charge in [0, 0.05) is 31.1 Å². The molecule has 1 aromatic carbocycles. The summed E-state index contributed by atoms with van der Waals surface area (Å²) < 4.78 is 0. The third kappa shape index (κ3) is 2.61. The number of fused-ring (bicyclic) bond motifs is 1. The van der Waals surface area contributed by atoms with Gasteiger partial charge in [-0.3, -0.25) is 10.1 Å². The summed E-state index contributed by atoms with van der Waals surface area (Å²) in [7, 11) is 0. The van der Waals surface area contributed by atoms with Crippen LogP contribution in [0.4, 0.5) is 10.5 Å². The Morgan fingerprint density at radius 2 is 2.17 bits per heavy atom. The van der Waals surface area contributed by atoms with Gasteiger partial charge in [-0.15, -0.1) is 0 Å². The van der Waals surface area contributed by atoms with E-state index in [2.05, 4.69) is 29.3 Å². The lowest BCUT2D eigenvalue weighted by atomic mass is 10.0. The van der Waals surface area contributed by atoms with Crippen molar-refractivity contribution in [1.82, 2.24) is 5.32 Å². The van der Waals surface area contributed by atoms with E-state index < -0.39 is 6.03 Å². The lowest BCUT2D eigenvalue weighted by molar-refractivity contribution is -0.119. The van der Waals surface area contributed by atoms with Crippen molar-refractivity contribution < 1.29 is 9.59 Å². The zero-order chi connectivity index (χ0) is 13.1. The highest BCUT2D eigenvalue weighted by atomic mass is 16.2. The maximum absolute atomic E-state index is 11.4. The van der Waals surface area contributed by atoms with E-state index in [9.17, 15) is 9.59 Å². The molecule has 0 bridgehead atoms. The minimum absolute atomic E-state index is 0.268. The minimum Gasteiger partial charge on any atom is -0.370 e. The number of primary amides is 1. The number of benzene rings is 1. The molecular formula is C13H17N3O2. The predicted octanol–water partition coefficient (Wildman–Crippen LogP) is 1.20. The van der Waals surface area contributed by atoms with Crippen LogP contribution in [0.25, 0.3) is 0 Å². The van der Waals surface area contributed by atoms with Gasteiger partial charge < -0.3 is 10.6 Å². The molecule has 0 radical (unpaired) electrons. The molecule has 1 heterocycles. The first kappa shape index (κ1) is 12.4. The first-order chi connectivity index (χ1) is 8.58. The Morgan fingerprint density at radius 3 is 2.89 bits per heavy atom. The summed E-state index contributed by atoms with van der Waals surface area (Å²) in [5.74, 6) is 0.139. The van der Waals surface area contributed by atoms with Crippen molar-refractivity contribution in [3.8, 4) is 0 Å². The molecule has 0 saturated heterocycles. The number of para-hydroxylation sites is 1. The number of hydrogen-bond acceptors (Lipinski definition) is 3. The number of nitrogens with two attached hydrogens (primary N) is 1. The van der Waals surface area contributed by atoms with E-state index in [0.29, 0.717) is 12.5 Å². The molecule has 1 aliphatic rings. The van der Waals surface area contributed by atoms with Gasteiger partial charge in [-0.25, -0.2) is 4.79 Å². The molecular weight excluding hydrogens is 230 g/mol. The molecule has 0 spiro atoms. The summed E-state index contributed by atoms with van der Waals surface area (Å²) >= 11 is 0. The number of amides is 3. The van der Waals surface area contributed by atoms with Gasteiger partial charge >= 0.3 is 6.03 Å². The second kappa shape index (κ2) is 5.08. The number of anilines is 1. The first-order valence-electron chi connectivity index (χ1n) is 6.01. The fraction of sp³-hybridized carbons (Fsp3) is 0.385. The topological polar surface area (TPSA) is 75.4 Å². The van der Waals surface area contributed by atoms with Crippen molar-refractivity contribution in [3.05, 3.63) is 29.8 Å². The second-order valence-electron chi connectivity index (χ2n) is 4.57. The summed E-state index contributed by atoms with van der Waals surface area (Å²) in [6.45, 7) is 3.67. The van der Waals surface area contributed by atoms with Crippen LogP contribution in [0.3, 0.4) is 0 Å². The highest BCUT2D eigenvalue weighted by Gasteiger charge is 2.24. The third-order valence-electron chi connectivity index (χ3n) is 3.17. The van der Waals surface area contributed by atoms with Crippen LogP contribution >= 0.6 is 0 Å². The molecule has 0 saturated carbocycles. The molecule has 18 heavy (non-hydrogen) atoms. The van der Waals surface area contributed by atoms with Crippen molar-refractivity contribution in [2.24, 2.45) is 5.73 Å². The van der Waals surface area contributed by atoms with Crippen LogP contribution in [0.2, 0.25) is 0 Å². The molecule has 0 fully saturated rings. The van der Waals surface area contributed by atoms with Crippen LogP contribution < -0.4 is 16.0 Å². The zero-order valence-corrected chi connectivity index (χ0v) is 10.3. The standard InChI is InChI=1S/C13H17N3O2/c1-9-8-16(7-6-12(17)15-13(14)18)11-5-3-2-4-10(9)11/h2-5,9H,6-8H2,1H3,(H3,14,15,17,18). The summed E-state index contributed by atoms with van der Waals surface area (Å²) in [4.78, 5) is 24.1. The number of carbonyl (C=O) groups excluding carboxylic acids is 2. The molecule has 2 rings (SSSR count). The van der Waals surface area contributed by atoms with E-state index in [4.69, 9.17) is 5.73 Å². The van der Waals surface area contributed by atoms with Crippen LogP contribution in [-0.4, -0.2) is 25.0 Å². The summed E-state index contributed by atoms with van der Waals surface area (Å²) in [6, 6.07) is 7.40. The van der Waals surface area contributed by atoms with Crippen molar-refractivity contribution >= 4 is 17.6 Å². The quantitative estimate of drug-likeness (QED) is 0.842. The lowest BCUT2D eigenvalue weighted by Gasteiger charge is -2.18. The molecule has 5 nitrogen and oxygen atoms in total. The number of urea groups is 1. The molecule has 5 heteroatoms. The SMILES string of the molecule is CC1CN(CCC(=O)NC(N)=O)c2ccccc21. The number of hydrogen-bond donors (Lipinski definition) is 2. The van der Waals surface area contributed by atoms with Crippen LogP contribution in [-0.2, 0) is 4.79 Å². The van der Waals surface area contributed by atoms with E-state index in [0.717, 1.165) is 6.54 Å². The minimum atomic E-state index is -0.796. The van der Waals surface area contributed by atoms with Gasteiger partial charge in [0.15, 0.2) is 0 Å². The molecule has 1 aromatic rings. The van der Waals surface area contributed by atoms with Gasteiger partial charge in [0.25, 0.3) is 0 Å². The summed E-state index contributed by atoms with van der Waals surface area (Å²) in [5, 5.41) is 2.08. The van der Waals surface area contributed by atoms with Gasteiger partial charge in [-0.1, -0.05) is 25.1 Å². The Balaban J connectivity index is 1.96. The van der Waals surface area contributed by atoms with E-state index in [1.165, 1.54) is 11.3 Å². The number of nitrogens with one attached hydrogen (secondary N) is 1. The highest BCUT2D eigenvalue weighted by Crippen LogP contribution is 2.35. The normalized spacial score (nSPS) is 17.4. The number of carbonyl (C=O) groups is 2. The fourth-order valence-corrected chi connectivity index (χ4v) is 2.37. The highest BCUT2D eigenvalue weighted by molar-refractivity contribution is 5.93. The van der Waals surface area contributed by atoms with E-state index in [1.54, 1.807) is 0 Å². The molecule has 3 N–H and O–H groups in total. The number of imide groups is 1. The Bertz CT molecular complexity index is 473. The van der Waals surface area contributed by atoms with Crippen LogP contribution in [0.5, 0.6) is 0 Å². The predicted molar refractivity (Wildman–Crippen MR) is 69.4 cm³/mol. The molecule has 1 aliphatic heterocycles. The average molecular weight is 247 g/mol. The van der Waals surface area contributed by atoms with E-state index in [-0.39, 0.29) is 12.3 Å². The van der Waals surface area contributed by atoms with E-state index >= 15 is 0 Å². The molecule has 3 amide bonds. The molecule has 0 aliphatic carbocycles. The maximum Gasteiger partial charge on any atom is 0.318 e. The second-order valence-corrected chi connectivity index (χ2v) is 4.57. The largest absolute Gasteiger partial charge is 0.370 e. The number of rotatable bonds is 3. The zero-order valence-electron chi connectivity index (χ0n) is 10.3. The number of nitrogens with zero attached hydrogens (tertiary/aromatic N) is 1. The summed E-state index contributed by atoms with van der Waals surface area (Å²) in [5.41, 5.74) is 7.38. The average Bonchev–Trinajstić information content (AvgIpc) is 2.64. The lowest BCUT2D eigenvalue weighted by Crippen LogP contribution is -2.37. The van der Waals surface area contributed by atoms with Crippen molar-refractivity contribution in [2.75, 3.05) is 18.0 Å². The van der Waals surface area contributed by atoms with Crippen LogP contribution in [0, 0.1) is 0 Å². The van der Waals surface area contributed by atoms with Crippen molar-refractivity contribution in [2.45, 2.75) is 19.3 Å². The van der Waals surface area contributed by atoms with Crippen molar-refractivity contribution in [1.29, 1.82) is 0 Å². The van der Waals surface area contributed by atoms with Gasteiger partial charge in [0.1, 0.15) is 0 Å².